The molecule has 0 heterocycles. The van der Waals surface area contributed by atoms with Gasteiger partial charge in [0.2, 0.25) is 5.91 Å². The van der Waals surface area contributed by atoms with Gasteiger partial charge < -0.3 is 5.11 Å². The van der Waals surface area contributed by atoms with Crippen molar-refractivity contribution in [2.75, 3.05) is 6.54 Å². The Morgan fingerprint density at radius 3 is 2.46 bits per heavy atom. The van der Waals surface area contributed by atoms with Gasteiger partial charge in [-0.3, -0.25) is 15.0 Å². The molecule has 0 aromatic rings. The van der Waals surface area contributed by atoms with Crippen LogP contribution in [0.1, 0.15) is 25.7 Å². The summed E-state index contributed by atoms with van der Waals surface area (Å²) in [6, 6.07) is 0. The van der Waals surface area contributed by atoms with Crippen molar-refractivity contribution in [1.29, 1.82) is 0 Å². The highest BCUT2D eigenvalue weighted by Crippen LogP contribution is 2.24. The first-order valence-electron chi connectivity index (χ1n) is 4.44. The number of hydrogen-bond acceptors (Lipinski definition) is 3. The van der Waals surface area contributed by atoms with E-state index in [4.69, 9.17) is 5.11 Å². The van der Waals surface area contributed by atoms with Gasteiger partial charge in [-0.1, -0.05) is 12.8 Å². The quantitative estimate of drug-likeness (QED) is 0.535. The van der Waals surface area contributed by atoms with Crippen LogP contribution in [0.4, 0.5) is 0 Å². The Hall–Kier alpha value is -1.10. The Morgan fingerprint density at radius 2 is 1.92 bits per heavy atom. The molecule has 0 atom stereocenters. The minimum absolute atomic E-state index is 0.0706. The molecule has 1 fully saturated rings. The minimum atomic E-state index is -0.980. The monoisotopic (exact) mass is 186 g/mol. The van der Waals surface area contributed by atoms with E-state index in [1.165, 1.54) is 0 Å². The fraction of sp³-hybridized carbons (Fsp3) is 0.750. The number of carboxylic acids is 1. The van der Waals surface area contributed by atoms with E-state index in [-0.39, 0.29) is 18.4 Å². The molecule has 13 heavy (non-hydrogen) atoms. The molecule has 5 nitrogen and oxygen atoms in total. The number of hydrogen-bond donors (Lipinski definition) is 3. The van der Waals surface area contributed by atoms with Crippen LogP contribution in [0.25, 0.3) is 0 Å². The zero-order valence-corrected chi connectivity index (χ0v) is 7.38. The number of nitrogens with one attached hydrogen (secondary N) is 2. The highest BCUT2D eigenvalue weighted by Gasteiger charge is 2.22. The highest BCUT2D eigenvalue weighted by atomic mass is 16.4. The lowest BCUT2D eigenvalue weighted by Crippen LogP contribution is -2.43. The van der Waals surface area contributed by atoms with Gasteiger partial charge in [-0.05, 0) is 12.8 Å². The van der Waals surface area contributed by atoms with Crippen LogP contribution in [-0.4, -0.2) is 23.5 Å². The molecule has 1 amide bonds. The molecule has 0 aliphatic heterocycles. The van der Waals surface area contributed by atoms with Crippen LogP contribution in [0.3, 0.4) is 0 Å². The molecule has 1 saturated carbocycles. The number of carbonyl (C=O) groups is 2. The lowest BCUT2D eigenvalue weighted by Gasteiger charge is -2.09. The maximum absolute atomic E-state index is 11.3. The first kappa shape index (κ1) is 9.98. The van der Waals surface area contributed by atoms with E-state index in [0.29, 0.717) is 0 Å². The molecule has 74 valence electrons. The van der Waals surface area contributed by atoms with Crippen molar-refractivity contribution in [2.45, 2.75) is 25.7 Å². The third-order valence-electron chi connectivity index (χ3n) is 2.18. The van der Waals surface area contributed by atoms with Crippen molar-refractivity contribution in [3.8, 4) is 0 Å². The molecular formula is C8H14N2O3. The summed E-state index contributed by atoms with van der Waals surface area (Å²) in [5.74, 6) is -0.994. The van der Waals surface area contributed by atoms with Crippen molar-refractivity contribution in [3.05, 3.63) is 0 Å². The number of carboxylic acid groups (broad SMARTS) is 1. The average molecular weight is 186 g/mol. The zero-order valence-electron chi connectivity index (χ0n) is 7.38. The van der Waals surface area contributed by atoms with Gasteiger partial charge in [0.15, 0.2) is 0 Å². The van der Waals surface area contributed by atoms with E-state index < -0.39 is 5.97 Å². The molecule has 0 unspecified atom stereocenters. The Balaban J connectivity index is 2.13. The topological polar surface area (TPSA) is 78.4 Å². The fourth-order valence-corrected chi connectivity index (χ4v) is 1.50. The summed E-state index contributed by atoms with van der Waals surface area (Å²) in [4.78, 5) is 21.3. The molecule has 0 bridgehead atoms. The maximum atomic E-state index is 11.3. The van der Waals surface area contributed by atoms with Crippen LogP contribution in [-0.2, 0) is 9.59 Å². The summed E-state index contributed by atoms with van der Waals surface area (Å²) in [6.07, 6.45) is 4.02. The van der Waals surface area contributed by atoms with Gasteiger partial charge in [-0.25, -0.2) is 5.43 Å². The number of rotatable bonds is 4. The number of hydrazine groups is 1. The van der Waals surface area contributed by atoms with Gasteiger partial charge in [-0.15, -0.1) is 0 Å². The number of aliphatic carboxylic acids is 1. The van der Waals surface area contributed by atoms with Crippen LogP contribution in [0.2, 0.25) is 0 Å². The lowest BCUT2D eigenvalue weighted by molar-refractivity contribution is -0.136. The van der Waals surface area contributed by atoms with E-state index >= 15 is 0 Å². The van der Waals surface area contributed by atoms with E-state index in [1.54, 1.807) is 0 Å². The molecule has 5 heteroatoms. The fourth-order valence-electron chi connectivity index (χ4n) is 1.50. The van der Waals surface area contributed by atoms with Gasteiger partial charge in [0.05, 0.1) is 0 Å². The Bertz CT molecular complexity index is 200. The average Bonchev–Trinajstić information content (AvgIpc) is 2.55. The highest BCUT2D eigenvalue weighted by molar-refractivity contribution is 5.79. The molecule has 0 aromatic heterocycles. The second-order valence-corrected chi connectivity index (χ2v) is 3.22. The number of carbonyl (C=O) groups excluding carboxylic acids is 1. The zero-order chi connectivity index (χ0) is 9.68. The van der Waals surface area contributed by atoms with Crippen LogP contribution in [0.5, 0.6) is 0 Å². The van der Waals surface area contributed by atoms with Gasteiger partial charge in [-0.2, -0.15) is 0 Å². The first-order chi connectivity index (χ1) is 6.20. The molecule has 1 aliphatic rings. The Kier molecular flexibility index (Phi) is 3.70. The summed E-state index contributed by atoms with van der Waals surface area (Å²) in [5.41, 5.74) is 4.75. The third-order valence-corrected chi connectivity index (χ3v) is 2.18. The molecule has 1 rings (SSSR count). The van der Waals surface area contributed by atoms with Crippen molar-refractivity contribution < 1.29 is 14.7 Å². The van der Waals surface area contributed by atoms with Gasteiger partial charge >= 0.3 is 5.97 Å². The molecule has 0 spiro atoms. The normalized spacial score (nSPS) is 17.2. The first-order valence-corrected chi connectivity index (χ1v) is 4.44. The summed E-state index contributed by atoms with van der Waals surface area (Å²) in [7, 11) is 0. The molecule has 0 aromatic carbocycles. The van der Waals surface area contributed by atoms with E-state index in [1.807, 2.05) is 0 Å². The smallest absolute Gasteiger partial charge is 0.319 e. The van der Waals surface area contributed by atoms with E-state index in [0.717, 1.165) is 25.7 Å². The summed E-state index contributed by atoms with van der Waals surface area (Å²) >= 11 is 0. The maximum Gasteiger partial charge on any atom is 0.319 e. The van der Waals surface area contributed by atoms with Gasteiger partial charge in [0.25, 0.3) is 0 Å². The SMILES string of the molecule is O=C(O)CNNC(=O)C1CCCC1. The van der Waals surface area contributed by atoms with Crippen LogP contribution < -0.4 is 10.9 Å². The molecule has 0 radical (unpaired) electrons. The third kappa shape index (κ3) is 3.42. The Labute approximate surface area is 76.5 Å². The second kappa shape index (κ2) is 4.81. The van der Waals surface area contributed by atoms with Crippen molar-refractivity contribution in [2.24, 2.45) is 5.92 Å². The predicted molar refractivity (Wildman–Crippen MR) is 45.7 cm³/mol. The predicted octanol–water partition coefficient (Wildman–Crippen LogP) is -0.118. The van der Waals surface area contributed by atoms with Crippen LogP contribution in [0.15, 0.2) is 0 Å². The molecular weight excluding hydrogens is 172 g/mol. The standard InChI is InChI=1S/C8H14N2O3/c11-7(12)5-9-10-8(13)6-3-1-2-4-6/h6,9H,1-5H2,(H,10,13)(H,11,12). The van der Waals surface area contributed by atoms with Crippen molar-refractivity contribution in [1.82, 2.24) is 10.9 Å². The second-order valence-electron chi connectivity index (χ2n) is 3.22. The van der Waals surface area contributed by atoms with E-state index in [2.05, 4.69) is 10.9 Å². The summed E-state index contributed by atoms with van der Waals surface area (Å²) < 4.78 is 0. The van der Waals surface area contributed by atoms with Crippen molar-refractivity contribution >= 4 is 11.9 Å². The molecule has 1 aliphatic carbocycles. The minimum Gasteiger partial charge on any atom is -0.480 e. The van der Waals surface area contributed by atoms with E-state index in [9.17, 15) is 9.59 Å². The summed E-state index contributed by atoms with van der Waals surface area (Å²) in [5, 5.41) is 8.28. The van der Waals surface area contributed by atoms with Gasteiger partial charge in [0.1, 0.15) is 6.54 Å². The van der Waals surface area contributed by atoms with Crippen LogP contribution >= 0.6 is 0 Å². The number of amides is 1. The summed E-state index contributed by atoms with van der Waals surface area (Å²) in [6.45, 7) is -0.238. The lowest BCUT2D eigenvalue weighted by atomic mass is 10.1. The Morgan fingerprint density at radius 1 is 1.31 bits per heavy atom. The van der Waals surface area contributed by atoms with Gasteiger partial charge in [0, 0.05) is 5.92 Å². The largest absolute Gasteiger partial charge is 0.480 e. The van der Waals surface area contributed by atoms with Crippen LogP contribution in [0, 0.1) is 5.92 Å². The molecule has 0 saturated heterocycles. The van der Waals surface area contributed by atoms with Crippen molar-refractivity contribution in [3.63, 3.8) is 0 Å². The molecule has 3 N–H and O–H groups in total.